The molecule has 0 aliphatic rings. The van der Waals surface area contributed by atoms with Crippen LogP contribution in [0.2, 0.25) is 0 Å². The number of nitrogens with one attached hydrogen (secondary N) is 3. The molecule has 1 aromatic rings. The maximum atomic E-state index is 11.4. The molecule has 0 bridgehead atoms. The topological polar surface area (TPSA) is 97.3 Å². The monoisotopic (exact) mass is 255 g/mol. The third-order valence-corrected chi connectivity index (χ3v) is 2.02. The van der Waals surface area contributed by atoms with Crippen molar-refractivity contribution in [1.82, 2.24) is 20.4 Å². The lowest BCUT2D eigenvalue weighted by atomic mass is 10.6. The molecule has 3 amide bonds. The van der Waals surface area contributed by atoms with Crippen LogP contribution in [0.15, 0.2) is 12.3 Å². The number of urea groups is 1. The molecule has 0 fully saturated rings. The minimum absolute atomic E-state index is 0.303. The third kappa shape index (κ3) is 4.73. The van der Waals surface area contributed by atoms with Crippen LogP contribution in [0.4, 0.5) is 15.4 Å². The van der Waals surface area contributed by atoms with Crippen molar-refractivity contribution in [2.24, 2.45) is 7.05 Å². The van der Waals surface area contributed by atoms with Gasteiger partial charge in [0.25, 0.3) is 0 Å². The van der Waals surface area contributed by atoms with E-state index in [9.17, 15) is 9.59 Å². The molecule has 1 heterocycles. The number of hydrogen-bond acceptors (Lipinski definition) is 4. The number of aromatic nitrogens is 2. The highest BCUT2D eigenvalue weighted by molar-refractivity contribution is 5.88. The van der Waals surface area contributed by atoms with Crippen molar-refractivity contribution < 1.29 is 14.3 Å². The number of alkyl carbamates (subject to hydrolysis) is 1. The fourth-order valence-electron chi connectivity index (χ4n) is 1.18. The highest BCUT2D eigenvalue weighted by Gasteiger charge is 2.04. The second-order valence-electron chi connectivity index (χ2n) is 3.37. The van der Waals surface area contributed by atoms with E-state index in [-0.39, 0.29) is 6.03 Å². The molecule has 0 radical (unpaired) electrons. The van der Waals surface area contributed by atoms with Crippen molar-refractivity contribution in [3.8, 4) is 0 Å². The van der Waals surface area contributed by atoms with Gasteiger partial charge in [0.05, 0.1) is 12.8 Å². The van der Waals surface area contributed by atoms with Gasteiger partial charge < -0.3 is 15.4 Å². The molecule has 100 valence electrons. The molecular formula is C10H17N5O3. The Morgan fingerprint density at radius 1 is 1.39 bits per heavy atom. The Hall–Kier alpha value is -2.25. The minimum Gasteiger partial charge on any atom is -0.450 e. The Kier molecular flexibility index (Phi) is 5.49. The Labute approximate surface area is 105 Å². The van der Waals surface area contributed by atoms with Crippen LogP contribution in [0.25, 0.3) is 0 Å². The second kappa shape index (κ2) is 7.15. The molecule has 0 aliphatic heterocycles. The molecule has 0 unspecified atom stereocenters. The van der Waals surface area contributed by atoms with Gasteiger partial charge in [-0.25, -0.2) is 9.59 Å². The number of aryl methyl sites for hydroxylation is 1. The summed E-state index contributed by atoms with van der Waals surface area (Å²) >= 11 is 0. The first-order chi connectivity index (χ1) is 8.63. The lowest BCUT2D eigenvalue weighted by Gasteiger charge is -2.08. The standard InChI is InChI=1S/C10H17N5O3/c1-3-18-10(17)12-7-6-11-9(16)14-8-4-5-13-15(8)2/h4-5H,3,6-7H2,1-2H3,(H,12,17)(H2,11,14,16). The van der Waals surface area contributed by atoms with Crippen molar-refractivity contribution in [1.29, 1.82) is 0 Å². The second-order valence-corrected chi connectivity index (χ2v) is 3.37. The van der Waals surface area contributed by atoms with Crippen LogP contribution in [0, 0.1) is 0 Å². The van der Waals surface area contributed by atoms with Crippen molar-refractivity contribution in [2.75, 3.05) is 25.0 Å². The normalized spacial score (nSPS) is 9.67. The summed E-state index contributed by atoms with van der Waals surface area (Å²) in [5, 5.41) is 11.6. The summed E-state index contributed by atoms with van der Waals surface area (Å²) in [6, 6.07) is 1.32. The van der Waals surface area contributed by atoms with E-state index in [1.165, 1.54) is 4.68 Å². The van der Waals surface area contributed by atoms with Crippen molar-refractivity contribution >= 4 is 17.9 Å². The van der Waals surface area contributed by atoms with E-state index in [1.54, 1.807) is 26.2 Å². The van der Waals surface area contributed by atoms with Crippen LogP contribution in [-0.4, -0.2) is 41.6 Å². The van der Waals surface area contributed by atoms with Gasteiger partial charge in [0.15, 0.2) is 0 Å². The van der Waals surface area contributed by atoms with E-state index >= 15 is 0 Å². The summed E-state index contributed by atoms with van der Waals surface area (Å²) in [6.45, 7) is 2.65. The van der Waals surface area contributed by atoms with E-state index in [2.05, 4.69) is 25.8 Å². The zero-order valence-electron chi connectivity index (χ0n) is 10.4. The molecule has 0 saturated heterocycles. The van der Waals surface area contributed by atoms with E-state index in [1.807, 2.05) is 0 Å². The van der Waals surface area contributed by atoms with E-state index in [0.29, 0.717) is 25.5 Å². The zero-order chi connectivity index (χ0) is 13.4. The Bertz CT molecular complexity index is 404. The first-order valence-corrected chi connectivity index (χ1v) is 5.57. The van der Waals surface area contributed by atoms with Gasteiger partial charge in [-0.1, -0.05) is 0 Å². The number of ether oxygens (including phenoxy) is 1. The van der Waals surface area contributed by atoms with Gasteiger partial charge in [-0.15, -0.1) is 0 Å². The molecule has 0 atom stereocenters. The summed E-state index contributed by atoms with van der Waals surface area (Å²) in [7, 11) is 1.72. The lowest BCUT2D eigenvalue weighted by Crippen LogP contribution is -2.37. The number of anilines is 1. The molecule has 8 nitrogen and oxygen atoms in total. The largest absolute Gasteiger partial charge is 0.450 e. The van der Waals surface area contributed by atoms with Gasteiger partial charge in [0, 0.05) is 26.2 Å². The van der Waals surface area contributed by atoms with Crippen LogP contribution in [-0.2, 0) is 11.8 Å². The summed E-state index contributed by atoms with van der Waals surface area (Å²) in [5.41, 5.74) is 0. The van der Waals surface area contributed by atoms with E-state index < -0.39 is 6.09 Å². The SMILES string of the molecule is CCOC(=O)NCCNC(=O)Nc1ccnn1C. The molecular weight excluding hydrogens is 238 g/mol. The van der Waals surface area contributed by atoms with Gasteiger partial charge in [-0.3, -0.25) is 10.00 Å². The van der Waals surface area contributed by atoms with E-state index in [4.69, 9.17) is 0 Å². The number of nitrogens with zero attached hydrogens (tertiary/aromatic N) is 2. The summed E-state index contributed by atoms with van der Waals surface area (Å²) < 4.78 is 6.20. The lowest BCUT2D eigenvalue weighted by molar-refractivity contribution is 0.152. The van der Waals surface area contributed by atoms with Crippen LogP contribution in [0.5, 0.6) is 0 Å². The average molecular weight is 255 g/mol. The third-order valence-electron chi connectivity index (χ3n) is 2.02. The predicted octanol–water partition coefficient (Wildman–Crippen LogP) is 0.288. The minimum atomic E-state index is -0.494. The number of hydrogen-bond donors (Lipinski definition) is 3. The zero-order valence-corrected chi connectivity index (χ0v) is 10.4. The maximum absolute atomic E-state index is 11.4. The number of rotatable bonds is 5. The Morgan fingerprint density at radius 2 is 2.11 bits per heavy atom. The molecule has 8 heteroatoms. The highest BCUT2D eigenvalue weighted by atomic mass is 16.5. The molecule has 0 aliphatic carbocycles. The van der Waals surface area contributed by atoms with Gasteiger partial charge in [0.1, 0.15) is 5.82 Å². The van der Waals surface area contributed by atoms with Gasteiger partial charge in [-0.05, 0) is 6.92 Å². The fourth-order valence-corrected chi connectivity index (χ4v) is 1.18. The summed E-state index contributed by atoms with van der Waals surface area (Å²) in [6.07, 6.45) is 1.09. The van der Waals surface area contributed by atoms with E-state index in [0.717, 1.165) is 0 Å². The van der Waals surface area contributed by atoms with Gasteiger partial charge in [-0.2, -0.15) is 5.10 Å². The molecule has 0 aromatic carbocycles. The number of carbonyl (C=O) groups excluding carboxylic acids is 2. The molecule has 3 N–H and O–H groups in total. The number of carbonyl (C=O) groups is 2. The van der Waals surface area contributed by atoms with Crippen LogP contribution in [0.3, 0.4) is 0 Å². The van der Waals surface area contributed by atoms with Gasteiger partial charge >= 0.3 is 12.1 Å². The van der Waals surface area contributed by atoms with Crippen molar-refractivity contribution in [3.63, 3.8) is 0 Å². The van der Waals surface area contributed by atoms with Crippen LogP contribution < -0.4 is 16.0 Å². The van der Waals surface area contributed by atoms with Gasteiger partial charge in [0.2, 0.25) is 0 Å². The Morgan fingerprint density at radius 3 is 2.72 bits per heavy atom. The van der Waals surface area contributed by atoms with Crippen LogP contribution >= 0.6 is 0 Å². The smallest absolute Gasteiger partial charge is 0.407 e. The average Bonchev–Trinajstić information content (AvgIpc) is 2.71. The maximum Gasteiger partial charge on any atom is 0.407 e. The summed E-state index contributed by atoms with van der Waals surface area (Å²) in [5.74, 6) is 0.589. The molecule has 0 saturated carbocycles. The summed E-state index contributed by atoms with van der Waals surface area (Å²) in [4.78, 5) is 22.3. The molecule has 1 aromatic heterocycles. The van der Waals surface area contributed by atoms with Crippen LogP contribution in [0.1, 0.15) is 6.92 Å². The first-order valence-electron chi connectivity index (χ1n) is 5.57. The highest BCUT2D eigenvalue weighted by Crippen LogP contribution is 2.01. The number of amides is 3. The molecule has 0 spiro atoms. The quantitative estimate of drug-likeness (QED) is 0.659. The molecule has 1 rings (SSSR count). The first kappa shape index (κ1) is 13.8. The fraction of sp³-hybridized carbons (Fsp3) is 0.500. The van der Waals surface area contributed by atoms with Crippen molar-refractivity contribution in [3.05, 3.63) is 12.3 Å². The predicted molar refractivity (Wildman–Crippen MR) is 65.3 cm³/mol. The van der Waals surface area contributed by atoms with Crippen molar-refractivity contribution in [2.45, 2.75) is 6.92 Å². The Balaban J connectivity index is 2.14. The molecule has 18 heavy (non-hydrogen) atoms.